The van der Waals surface area contributed by atoms with E-state index in [1.165, 1.54) is 32.2 Å². The Labute approximate surface area is 87.9 Å². The van der Waals surface area contributed by atoms with Crippen LogP contribution < -0.4 is 0 Å². The van der Waals surface area contributed by atoms with Gasteiger partial charge in [-0.25, -0.2) is 0 Å². The van der Waals surface area contributed by atoms with E-state index in [2.05, 4.69) is 24.9 Å². The first kappa shape index (κ1) is 11.5. The van der Waals surface area contributed by atoms with Gasteiger partial charge in [0.1, 0.15) is 0 Å². The van der Waals surface area contributed by atoms with E-state index >= 15 is 0 Å². The maximum absolute atomic E-state index is 8.86. The van der Waals surface area contributed by atoms with E-state index < -0.39 is 0 Å². The van der Waals surface area contributed by atoms with E-state index in [0.717, 1.165) is 18.9 Å². The molecule has 80 valence electrons. The van der Waals surface area contributed by atoms with Gasteiger partial charge in [0.25, 0.3) is 0 Å². The molecule has 14 heavy (non-hydrogen) atoms. The Balaban J connectivity index is 2.20. The minimum atomic E-state index is 0.224. The summed E-state index contributed by atoms with van der Waals surface area (Å²) in [5.41, 5.74) is 0. The van der Waals surface area contributed by atoms with Crippen molar-refractivity contribution in [1.82, 2.24) is 4.90 Å². The Bertz CT molecular complexity index is 189. The molecule has 0 heterocycles. The zero-order valence-electron chi connectivity index (χ0n) is 9.50. The molecule has 1 fully saturated rings. The lowest BCUT2D eigenvalue weighted by atomic mass is 10.1. The Kier molecular flexibility index (Phi) is 4.97. The van der Waals surface area contributed by atoms with Gasteiger partial charge < -0.3 is 4.90 Å². The zero-order valence-corrected chi connectivity index (χ0v) is 9.50. The van der Waals surface area contributed by atoms with E-state index in [9.17, 15) is 0 Å². The van der Waals surface area contributed by atoms with Crippen LogP contribution in [0.5, 0.6) is 0 Å². The van der Waals surface area contributed by atoms with Crippen molar-refractivity contribution in [2.45, 2.75) is 39.0 Å². The van der Waals surface area contributed by atoms with E-state index in [-0.39, 0.29) is 5.92 Å². The first-order chi connectivity index (χ1) is 6.76. The van der Waals surface area contributed by atoms with Gasteiger partial charge in [-0.1, -0.05) is 19.8 Å². The second-order valence-corrected chi connectivity index (χ2v) is 4.61. The summed E-state index contributed by atoms with van der Waals surface area (Å²) in [5, 5.41) is 8.86. The predicted molar refractivity (Wildman–Crippen MR) is 58.8 cm³/mol. The standard InChI is InChI=1S/C12H22N2/c1-3-11(8-13)9-14(2)10-12-6-4-5-7-12/h11-12H,3-7,9-10H2,1-2H3. The molecule has 0 radical (unpaired) electrons. The van der Waals surface area contributed by atoms with Crippen LogP contribution >= 0.6 is 0 Å². The zero-order chi connectivity index (χ0) is 10.4. The molecule has 1 saturated carbocycles. The third kappa shape index (κ3) is 3.67. The van der Waals surface area contributed by atoms with E-state index in [1.807, 2.05) is 0 Å². The highest BCUT2D eigenvalue weighted by Crippen LogP contribution is 2.25. The second kappa shape index (κ2) is 6.03. The van der Waals surface area contributed by atoms with Crippen molar-refractivity contribution < 1.29 is 0 Å². The van der Waals surface area contributed by atoms with Crippen molar-refractivity contribution in [3.05, 3.63) is 0 Å². The Morgan fingerprint density at radius 3 is 2.57 bits per heavy atom. The number of nitrogens with zero attached hydrogens (tertiary/aromatic N) is 2. The van der Waals surface area contributed by atoms with Crippen molar-refractivity contribution >= 4 is 0 Å². The predicted octanol–water partition coefficient (Wildman–Crippen LogP) is 2.66. The highest BCUT2D eigenvalue weighted by Gasteiger charge is 2.18. The second-order valence-electron chi connectivity index (χ2n) is 4.61. The fourth-order valence-corrected chi connectivity index (χ4v) is 2.35. The first-order valence-corrected chi connectivity index (χ1v) is 5.84. The fourth-order valence-electron chi connectivity index (χ4n) is 2.35. The van der Waals surface area contributed by atoms with Gasteiger partial charge in [-0.05, 0) is 32.2 Å². The van der Waals surface area contributed by atoms with Crippen molar-refractivity contribution in [3.63, 3.8) is 0 Å². The van der Waals surface area contributed by atoms with E-state index in [4.69, 9.17) is 5.26 Å². The summed E-state index contributed by atoms with van der Waals surface area (Å²) in [7, 11) is 2.15. The van der Waals surface area contributed by atoms with Gasteiger partial charge in [0.15, 0.2) is 0 Å². The van der Waals surface area contributed by atoms with E-state index in [0.29, 0.717) is 0 Å². The van der Waals surface area contributed by atoms with Crippen LogP contribution in [0.2, 0.25) is 0 Å². The Morgan fingerprint density at radius 2 is 2.07 bits per heavy atom. The van der Waals surface area contributed by atoms with Crippen molar-refractivity contribution in [1.29, 1.82) is 5.26 Å². The lowest BCUT2D eigenvalue weighted by Gasteiger charge is -2.22. The minimum absolute atomic E-state index is 0.224. The van der Waals surface area contributed by atoms with Gasteiger partial charge in [0.2, 0.25) is 0 Å². The van der Waals surface area contributed by atoms with Crippen LogP contribution in [0.15, 0.2) is 0 Å². The molecule has 1 rings (SSSR count). The van der Waals surface area contributed by atoms with Crippen molar-refractivity contribution in [2.24, 2.45) is 11.8 Å². The van der Waals surface area contributed by atoms with Gasteiger partial charge >= 0.3 is 0 Å². The highest BCUT2D eigenvalue weighted by atomic mass is 15.1. The van der Waals surface area contributed by atoms with Crippen LogP contribution in [0, 0.1) is 23.2 Å². The summed E-state index contributed by atoms with van der Waals surface area (Å²) in [6.45, 7) is 4.24. The third-order valence-corrected chi connectivity index (χ3v) is 3.25. The molecule has 0 aliphatic heterocycles. The molecule has 0 spiro atoms. The molecule has 1 atom stereocenters. The molecule has 0 aromatic carbocycles. The molecular formula is C12H22N2. The van der Waals surface area contributed by atoms with Crippen LogP contribution in [-0.2, 0) is 0 Å². The van der Waals surface area contributed by atoms with E-state index in [1.54, 1.807) is 0 Å². The molecule has 0 aromatic rings. The Morgan fingerprint density at radius 1 is 1.43 bits per heavy atom. The van der Waals surface area contributed by atoms with Crippen molar-refractivity contribution in [3.8, 4) is 6.07 Å². The summed E-state index contributed by atoms with van der Waals surface area (Å²) in [6.07, 6.45) is 6.59. The average Bonchev–Trinajstić information content (AvgIpc) is 2.66. The monoisotopic (exact) mass is 194 g/mol. The maximum atomic E-state index is 8.86. The first-order valence-electron chi connectivity index (χ1n) is 5.84. The minimum Gasteiger partial charge on any atom is -0.305 e. The molecule has 0 saturated heterocycles. The molecule has 0 bridgehead atoms. The van der Waals surface area contributed by atoms with Crippen LogP contribution in [0.4, 0.5) is 0 Å². The van der Waals surface area contributed by atoms with Crippen LogP contribution in [0.25, 0.3) is 0 Å². The molecule has 1 unspecified atom stereocenters. The van der Waals surface area contributed by atoms with Gasteiger partial charge in [0, 0.05) is 13.1 Å². The molecule has 0 aromatic heterocycles. The smallest absolute Gasteiger partial charge is 0.0669 e. The van der Waals surface area contributed by atoms with Gasteiger partial charge in [0.05, 0.1) is 12.0 Å². The normalized spacial score (nSPS) is 19.9. The molecule has 2 nitrogen and oxygen atoms in total. The lowest BCUT2D eigenvalue weighted by molar-refractivity contribution is 0.255. The largest absolute Gasteiger partial charge is 0.305 e. The molecule has 0 amide bonds. The SMILES string of the molecule is CCC(C#N)CN(C)CC1CCCC1. The lowest BCUT2D eigenvalue weighted by Crippen LogP contribution is -2.29. The van der Waals surface area contributed by atoms with Crippen LogP contribution in [0.1, 0.15) is 39.0 Å². The summed E-state index contributed by atoms with van der Waals surface area (Å²) in [4.78, 5) is 2.34. The number of rotatable bonds is 5. The number of nitriles is 1. The highest BCUT2D eigenvalue weighted by molar-refractivity contribution is 4.84. The van der Waals surface area contributed by atoms with Gasteiger partial charge in [-0.2, -0.15) is 5.26 Å². The summed E-state index contributed by atoms with van der Waals surface area (Å²) in [6, 6.07) is 2.37. The summed E-state index contributed by atoms with van der Waals surface area (Å²) >= 11 is 0. The summed E-state index contributed by atoms with van der Waals surface area (Å²) in [5.74, 6) is 1.12. The average molecular weight is 194 g/mol. The molecule has 2 heteroatoms. The van der Waals surface area contributed by atoms with Crippen LogP contribution in [0.3, 0.4) is 0 Å². The topological polar surface area (TPSA) is 27.0 Å². The van der Waals surface area contributed by atoms with Crippen molar-refractivity contribution in [2.75, 3.05) is 20.1 Å². The molecular weight excluding hydrogens is 172 g/mol. The third-order valence-electron chi connectivity index (χ3n) is 3.25. The Hall–Kier alpha value is -0.550. The summed E-state index contributed by atoms with van der Waals surface area (Å²) < 4.78 is 0. The maximum Gasteiger partial charge on any atom is 0.0669 e. The molecule has 0 N–H and O–H groups in total. The molecule has 1 aliphatic carbocycles. The molecule has 1 aliphatic rings. The van der Waals surface area contributed by atoms with Gasteiger partial charge in [-0.15, -0.1) is 0 Å². The van der Waals surface area contributed by atoms with Crippen LogP contribution in [-0.4, -0.2) is 25.0 Å². The quantitative estimate of drug-likeness (QED) is 0.672. The fraction of sp³-hybridized carbons (Fsp3) is 0.917. The number of hydrogen-bond acceptors (Lipinski definition) is 2. The van der Waals surface area contributed by atoms with Gasteiger partial charge in [-0.3, -0.25) is 0 Å². The number of hydrogen-bond donors (Lipinski definition) is 0.